The molecule has 0 radical (unpaired) electrons. The summed E-state index contributed by atoms with van der Waals surface area (Å²) >= 11 is 0. The van der Waals surface area contributed by atoms with Crippen molar-refractivity contribution in [2.75, 3.05) is 13.2 Å². The average molecular weight is 481 g/mol. The van der Waals surface area contributed by atoms with Crippen molar-refractivity contribution in [1.29, 1.82) is 0 Å². The van der Waals surface area contributed by atoms with Gasteiger partial charge in [0.05, 0.1) is 18.6 Å². The van der Waals surface area contributed by atoms with Crippen LogP contribution in [0.3, 0.4) is 0 Å². The molecule has 4 heteroatoms. The van der Waals surface area contributed by atoms with Crippen LogP contribution in [0.4, 0.5) is 0 Å². The van der Waals surface area contributed by atoms with Gasteiger partial charge >= 0.3 is 5.97 Å². The highest BCUT2D eigenvalue weighted by Crippen LogP contribution is 2.41. The van der Waals surface area contributed by atoms with E-state index in [1.54, 1.807) is 0 Å². The molecule has 1 aliphatic rings. The second kappa shape index (κ2) is 11.2. The molecule has 0 bridgehead atoms. The Morgan fingerprint density at radius 3 is 2.17 bits per heavy atom. The lowest BCUT2D eigenvalue weighted by molar-refractivity contribution is -0.141. The average Bonchev–Trinajstić information content (AvgIpc) is 3.23. The monoisotopic (exact) mass is 480 g/mol. The first-order chi connectivity index (χ1) is 16.5. The van der Waals surface area contributed by atoms with E-state index < -0.39 is 0 Å². The lowest BCUT2D eigenvalue weighted by atomic mass is 9.69. The zero-order valence-corrected chi connectivity index (χ0v) is 22.7. The Morgan fingerprint density at radius 1 is 1.03 bits per heavy atom. The van der Waals surface area contributed by atoms with E-state index in [0.717, 1.165) is 43.4 Å². The number of cyclic esters (lactones) is 1. The smallest absolute Gasteiger partial charge is 0.312 e. The lowest BCUT2D eigenvalue weighted by Gasteiger charge is -2.34. The molecule has 3 rings (SSSR count). The maximum absolute atomic E-state index is 11.8. The number of carbonyl (C=O) groups is 1. The van der Waals surface area contributed by atoms with Gasteiger partial charge in [-0.25, -0.2) is 0 Å². The van der Waals surface area contributed by atoms with Crippen LogP contribution in [0, 0.1) is 25.2 Å². The van der Waals surface area contributed by atoms with Gasteiger partial charge < -0.3 is 14.6 Å². The third-order valence-corrected chi connectivity index (χ3v) is 8.00. The molecule has 4 nitrogen and oxygen atoms in total. The van der Waals surface area contributed by atoms with E-state index in [-0.39, 0.29) is 28.8 Å². The number of aliphatic hydroxyl groups is 1. The predicted molar refractivity (Wildman–Crippen MR) is 142 cm³/mol. The van der Waals surface area contributed by atoms with Crippen molar-refractivity contribution < 1.29 is 19.4 Å². The molecule has 1 fully saturated rings. The van der Waals surface area contributed by atoms with Crippen molar-refractivity contribution in [3.63, 3.8) is 0 Å². The third kappa shape index (κ3) is 6.09. The second-order valence-electron chi connectivity index (χ2n) is 11.3. The molecule has 1 aliphatic heterocycles. The summed E-state index contributed by atoms with van der Waals surface area (Å²) in [6, 6.07) is 13.4. The number of aliphatic hydroxyl groups excluding tert-OH is 1. The summed E-state index contributed by atoms with van der Waals surface area (Å²) in [5, 5.41) is 10.5. The largest absolute Gasteiger partial charge is 0.492 e. The van der Waals surface area contributed by atoms with E-state index in [1.807, 2.05) is 0 Å². The number of hydrogen-bond donors (Lipinski definition) is 1. The molecule has 0 spiro atoms. The van der Waals surface area contributed by atoms with Crippen molar-refractivity contribution >= 4 is 5.97 Å². The summed E-state index contributed by atoms with van der Waals surface area (Å²) in [6.45, 7) is 15.9. The Hall–Kier alpha value is -2.33. The SMILES string of the molecule is CCC(CC)(c1ccc(CC[C@@H](O)C(C)(C)C)c(C)c1)c1ccc(OCC2CCOC2=O)c(C)c1. The summed E-state index contributed by atoms with van der Waals surface area (Å²) in [5.41, 5.74) is 6.14. The summed E-state index contributed by atoms with van der Waals surface area (Å²) in [7, 11) is 0. The molecule has 2 aromatic rings. The normalized spacial score (nSPS) is 17.4. The maximum Gasteiger partial charge on any atom is 0.312 e. The standard InChI is InChI=1S/C31H44O4/c1-8-31(9-2,25-12-10-23(21(3)18-25)11-15-28(32)30(5,6)7)26-13-14-27(22(4)19-26)35-20-24-16-17-34-29(24)33/h10,12-14,18-19,24,28,32H,8-9,11,15-17,20H2,1-7H3/t24?,28-/m1/s1. The van der Waals surface area contributed by atoms with Gasteiger partial charge in [0.2, 0.25) is 0 Å². The topological polar surface area (TPSA) is 55.8 Å². The highest BCUT2D eigenvalue weighted by Gasteiger charge is 2.32. The zero-order chi connectivity index (χ0) is 25.8. The van der Waals surface area contributed by atoms with Gasteiger partial charge in [-0.05, 0) is 85.3 Å². The highest BCUT2D eigenvalue weighted by atomic mass is 16.5. The lowest BCUT2D eigenvalue weighted by Crippen LogP contribution is -2.27. The van der Waals surface area contributed by atoms with E-state index >= 15 is 0 Å². The highest BCUT2D eigenvalue weighted by molar-refractivity contribution is 5.74. The van der Waals surface area contributed by atoms with Gasteiger partial charge in [-0.15, -0.1) is 0 Å². The van der Waals surface area contributed by atoms with E-state index in [2.05, 4.69) is 84.9 Å². The first-order valence-electron chi connectivity index (χ1n) is 13.2. The van der Waals surface area contributed by atoms with Crippen LogP contribution in [0.1, 0.15) is 88.1 Å². The van der Waals surface area contributed by atoms with Crippen LogP contribution in [-0.4, -0.2) is 30.4 Å². The second-order valence-corrected chi connectivity index (χ2v) is 11.3. The van der Waals surface area contributed by atoms with Crippen molar-refractivity contribution in [3.05, 3.63) is 64.2 Å². The van der Waals surface area contributed by atoms with Crippen molar-refractivity contribution in [3.8, 4) is 5.75 Å². The quantitative estimate of drug-likeness (QED) is 0.385. The summed E-state index contributed by atoms with van der Waals surface area (Å²) in [6.07, 6.45) is 4.08. The Labute approximate surface area is 212 Å². The van der Waals surface area contributed by atoms with Gasteiger partial charge in [0.1, 0.15) is 12.4 Å². The molecule has 0 amide bonds. The van der Waals surface area contributed by atoms with Crippen LogP contribution in [0.5, 0.6) is 5.75 Å². The third-order valence-electron chi connectivity index (χ3n) is 8.00. The molecular weight excluding hydrogens is 436 g/mol. The van der Waals surface area contributed by atoms with E-state index in [4.69, 9.17) is 9.47 Å². The molecule has 2 atom stereocenters. The first-order valence-corrected chi connectivity index (χ1v) is 13.2. The molecule has 192 valence electrons. The van der Waals surface area contributed by atoms with Gasteiger partial charge in [0, 0.05) is 5.41 Å². The van der Waals surface area contributed by atoms with Crippen LogP contribution in [0.25, 0.3) is 0 Å². The number of benzene rings is 2. The predicted octanol–water partition coefficient (Wildman–Crippen LogP) is 6.69. The van der Waals surface area contributed by atoms with E-state index in [0.29, 0.717) is 13.2 Å². The van der Waals surface area contributed by atoms with Gasteiger partial charge in [0.25, 0.3) is 0 Å². The summed E-state index contributed by atoms with van der Waals surface area (Å²) in [4.78, 5) is 11.8. The number of aryl methyl sites for hydroxylation is 3. The fraction of sp³-hybridized carbons (Fsp3) is 0.581. The van der Waals surface area contributed by atoms with Crippen LogP contribution in [-0.2, 0) is 21.4 Å². The van der Waals surface area contributed by atoms with Crippen LogP contribution in [0.2, 0.25) is 0 Å². The molecule has 35 heavy (non-hydrogen) atoms. The van der Waals surface area contributed by atoms with Gasteiger partial charge in [-0.3, -0.25) is 4.79 Å². The summed E-state index contributed by atoms with van der Waals surface area (Å²) < 4.78 is 11.1. The molecule has 0 aliphatic carbocycles. The maximum atomic E-state index is 11.8. The van der Waals surface area contributed by atoms with Gasteiger partial charge in [-0.1, -0.05) is 65.0 Å². The van der Waals surface area contributed by atoms with Gasteiger partial charge in [-0.2, -0.15) is 0 Å². The number of carbonyl (C=O) groups excluding carboxylic acids is 1. The van der Waals surface area contributed by atoms with Crippen LogP contribution < -0.4 is 4.74 Å². The number of esters is 1. The zero-order valence-electron chi connectivity index (χ0n) is 22.7. The molecule has 1 unspecified atom stereocenters. The molecule has 0 saturated carbocycles. The minimum atomic E-state index is -0.310. The Kier molecular flexibility index (Phi) is 8.69. The first kappa shape index (κ1) is 27.3. The molecule has 1 heterocycles. The summed E-state index contributed by atoms with van der Waals surface area (Å²) in [5.74, 6) is 0.519. The molecule has 1 saturated heterocycles. The fourth-order valence-corrected chi connectivity index (χ4v) is 5.22. The number of ether oxygens (including phenoxy) is 2. The number of hydrogen-bond acceptors (Lipinski definition) is 4. The Morgan fingerprint density at radius 2 is 1.66 bits per heavy atom. The van der Waals surface area contributed by atoms with Crippen molar-refractivity contribution in [1.82, 2.24) is 0 Å². The molecular formula is C31H44O4. The fourth-order valence-electron chi connectivity index (χ4n) is 5.22. The minimum absolute atomic E-state index is 0.0766. The molecule has 0 aromatic heterocycles. The van der Waals surface area contributed by atoms with Crippen molar-refractivity contribution in [2.24, 2.45) is 11.3 Å². The van der Waals surface area contributed by atoms with Crippen LogP contribution >= 0.6 is 0 Å². The Bertz CT molecular complexity index is 1010. The van der Waals surface area contributed by atoms with E-state index in [1.165, 1.54) is 22.3 Å². The van der Waals surface area contributed by atoms with E-state index in [9.17, 15) is 9.90 Å². The van der Waals surface area contributed by atoms with Crippen molar-refractivity contribution in [2.45, 2.75) is 92.1 Å². The van der Waals surface area contributed by atoms with Gasteiger partial charge in [0.15, 0.2) is 0 Å². The van der Waals surface area contributed by atoms with Crippen LogP contribution in [0.15, 0.2) is 36.4 Å². The number of rotatable bonds is 10. The minimum Gasteiger partial charge on any atom is -0.492 e. The Balaban J connectivity index is 1.81. The molecule has 1 N–H and O–H groups in total. The molecule has 2 aromatic carbocycles.